The lowest BCUT2D eigenvalue weighted by Crippen LogP contribution is -2.32. The summed E-state index contributed by atoms with van der Waals surface area (Å²) in [6.07, 6.45) is 2.35. The van der Waals surface area contributed by atoms with Crippen LogP contribution in [0.3, 0.4) is 0 Å². The molecule has 1 fully saturated rings. The summed E-state index contributed by atoms with van der Waals surface area (Å²) < 4.78 is 16.5. The highest BCUT2D eigenvalue weighted by molar-refractivity contribution is 7.80. The van der Waals surface area contributed by atoms with Gasteiger partial charge in [-0.25, -0.2) is 0 Å². The van der Waals surface area contributed by atoms with Crippen molar-refractivity contribution in [3.05, 3.63) is 58.1 Å². The molecule has 1 aromatic heterocycles. The minimum Gasteiger partial charge on any atom is -0.485 e. The maximum atomic E-state index is 12.5. The van der Waals surface area contributed by atoms with Gasteiger partial charge in [0.2, 0.25) is 0 Å². The number of hydrogen-bond donors (Lipinski definition) is 1. The van der Waals surface area contributed by atoms with Crippen LogP contribution in [0, 0.1) is 6.92 Å². The second-order valence-corrected chi connectivity index (χ2v) is 7.04. The van der Waals surface area contributed by atoms with Crippen LogP contribution in [0.15, 0.2) is 40.4 Å². The molecule has 1 saturated heterocycles. The smallest absolute Gasteiger partial charge is 0.276 e. The molecule has 2 heterocycles. The third-order valence-corrected chi connectivity index (χ3v) is 4.98. The Kier molecular flexibility index (Phi) is 6.72. The Morgan fingerprint density at radius 2 is 2.14 bits per heavy atom. The van der Waals surface area contributed by atoms with Crippen LogP contribution >= 0.6 is 23.8 Å². The van der Waals surface area contributed by atoms with Crippen molar-refractivity contribution in [1.82, 2.24) is 10.2 Å². The van der Waals surface area contributed by atoms with Crippen LogP contribution in [0.2, 0.25) is 5.02 Å². The SMILES string of the molecule is COCCCN1C(=O)/C(=C\c2ccc(COc3cccc(Cl)c3C)o2)NC1=S. The van der Waals surface area contributed by atoms with Gasteiger partial charge >= 0.3 is 0 Å². The fourth-order valence-corrected chi connectivity index (χ4v) is 3.18. The van der Waals surface area contributed by atoms with Crippen LogP contribution in [0.1, 0.15) is 23.5 Å². The largest absolute Gasteiger partial charge is 0.485 e. The lowest BCUT2D eigenvalue weighted by atomic mass is 10.2. The molecule has 1 amide bonds. The van der Waals surface area contributed by atoms with Crippen LogP contribution in [0.4, 0.5) is 0 Å². The van der Waals surface area contributed by atoms with Gasteiger partial charge in [-0.15, -0.1) is 0 Å². The Morgan fingerprint density at radius 1 is 1.32 bits per heavy atom. The highest BCUT2D eigenvalue weighted by Crippen LogP contribution is 2.26. The molecule has 3 rings (SSSR count). The molecule has 0 saturated carbocycles. The summed E-state index contributed by atoms with van der Waals surface area (Å²) in [5.74, 6) is 1.70. The van der Waals surface area contributed by atoms with E-state index >= 15 is 0 Å². The number of methoxy groups -OCH3 is 1. The van der Waals surface area contributed by atoms with Crippen LogP contribution in [0.25, 0.3) is 6.08 Å². The molecule has 0 unspecified atom stereocenters. The number of halogens is 1. The summed E-state index contributed by atoms with van der Waals surface area (Å²) in [6.45, 7) is 3.23. The molecular formula is C20H21ClN2O4S. The van der Waals surface area contributed by atoms with E-state index in [1.165, 1.54) is 4.90 Å². The predicted octanol–water partition coefficient (Wildman–Crippen LogP) is 3.91. The van der Waals surface area contributed by atoms with Gasteiger partial charge in [-0.2, -0.15) is 0 Å². The molecule has 1 aliphatic rings. The Hall–Kier alpha value is -2.35. The Balaban J connectivity index is 1.63. The molecular weight excluding hydrogens is 400 g/mol. The monoisotopic (exact) mass is 420 g/mol. The Morgan fingerprint density at radius 3 is 2.93 bits per heavy atom. The van der Waals surface area contributed by atoms with Gasteiger partial charge in [-0.3, -0.25) is 9.69 Å². The number of carbonyl (C=O) groups is 1. The van der Waals surface area contributed by atoms with Crippen LogP contribution < -0.4 is 10.1 Å². The van der Waals surface area contributed by atoms with Crippen molar-refractivity contribution in [3.63, 3.8) is 0 Å². The van der Waals surface area contributed by atoms with Gasteiger partial charge in [-0.05, 0) is 49.8 Å². The van der Waals surface area contributed by atoms with Crippen molar-refractivity contribution >= 4 is 40.9 Å². The first-order chi connectivity index (χ1) is 13.5. The van der Waals surface area contributed by atoms with E-state index < -0.39 is 0 Å². The van der Waals surface area contributed by atoms with Crippen molar-refractivity contribution in [2.75, 3.05) is 20.3 Å². The third kappa shape index (κ3) is 4.73. The zero-order chi connectivity index (χ0) is 20.1. The Labute approximate surface area is 174 Å². The number of furan rings is 1. The number of rotatable bonds is 8. The van der Waals surface area contributed by atoms with Gasteiger partial charge in [0, 0.05) is 36.9 Å². The number of amides is 1. The molecule has 0 bridgehead atoms. The van der Waals surface area contributed by atoms with Crippen molar-refractivity contribution in [2.24, 2.45) is 0 Å². The fraction of sp³-hybridized carbons (Fsp3) is 0.300. The lowest BCUT2D eigenvalue weighted by Gasteiger charge is -2.12. The number of ether oxygens (including phenoxy) is 2. The van der Waals surface area contributed by atoms with E-state index in [-0.39, 0.29) is 12.5 Å². The van der Waals surface area contributed by atoms with Crippen LogP contribution in [-0.4, -0.2) is 36.2 Å². The lowest BCUT2D eigenvalue weighted by molar-refractivity contribution is -0.122. The van der Waals surface area contributed by atoms with Gasteiger partial charge in [0.1, 0.15) is 29.6 Å². The second kappa shape index (κ2) is 9.23. The quantitative estimate of drug-likeness (QED) is 0.397. The molecule has 2 aromatic rings. The summed E-state index contributed by atoms with van der Waals surface area (Å²) in [5.41, 5.74) is 1.26. The average Bonchev–Trinajstić information content (AvgIpc) is 3.22. The first-order valence-electron chi connectivity index (χ1n) is 8.79. The van der Waals surface area contributed by atoms with E-state index in [1.807, 2.05) is 25.1 Å². The Bertz CT molecular complexity index is 909. The minimum absolute atomic E-state index is 0.176. The number of carbonyl (C=O) groups excluding carboxylic acids is 1. The highest BCUT2D eigenvalue weighted by Gasteiger charge is 2.30. The summed E-state index contributed by atoms with van der Waals surface area (Å²) >= 11 is 11.3. The topological polar surface area (TPSA) is 63.9 Å². The molecule has 1 aromatic carbocycles. The van der Waals surface area contributed by atoms with Gasteiger partial charge in [0.15, 0.2) is 5.11 Å². The average molecular weight is 421 g/mol. The highest BCUT2D eigenvalue weighted by atomic mass is 35.5. The van der Waals surface area contributed by atoms with Crippen molar-refractivity contribution in [3.8, 4) is 5.75 Å². The van der Waals surface area contributed by atoms with Gasteiger partial charge < -0.3 is 19.2 Å². The van der Waals surface area contributed by atoms with E-state index in [0.29, 0.717) is 52.7 Å². The van der Waals surface area contributed by atoms with Crippen LogP contribution in [0.5, 0.6) is 5.75 Å². The first kappa shape index (κ1) is 20.4. The number of nitrogens with zero attached hydrogens (tertiary/aromatic N) is 1. The normalized spacial score (nSPS) is 15.4. The van der Waals surface area contributed by atoms with E-state index in [4.69, 9.17) is 37.7 Å². The van der Waals surface area contributed by atoms with Gasteiger partial charge in [0.05, 0.1) is 0 Å². The number of hydrogen-bond acceptors (Lipinski definition) is 5. The molecule has 1 aliphatic heterocycles. The van der Waals surface area contributed by atoms with Gasteiger partial charge in [-0.1, -0.05) is 17.7 Å². The molecule has 6 nitrogen and oxygen atoms in total. The maximum absolute atomic E-state index is 12.5. The van der Waals surface area contributed by atoms with Crippen LogP contribution in [-0.2, 0) is 16.1 Å². The van der Waals surface area contributed by atoms with E-state index in [0.717, 1.165) is 5.56 Å². The zero-order valence-electron chi connectivity index (χ0n) is 15.7. The third-order valence-electron chi connectivity index (χ3n) is 4.25. The minimum atomic E-state index is -0.176. The molecule has 148 valence electrons. The zero-order valence-corrected chi connectivity index (χ0v) is 17.2. The number of thiocarbonyl (C=S) groups is 1. The number of benzene rings is 1. The maximum Gasteiger partial charge on any atom is 0.276 e. The summed E-state index contributed by atoms with van der Waals surface area (Å²) in [4.78, 5) is 14.0. The van der Waals surface area contributed by atoms with Crippen molar-refractivity contribution < 1.29 is 18.7 Å². The molecule has 0 aliphatic carbocycles. The van der Waals surface area contributed by atoms with E-state index in [1.54, 1.807) is 25.3 Å². The molecule has 28 heavy (non-hydrogen) atoms. The van der Waals surface area contributed by atoms with Crippen molar-refractivity contribution in [1.29, 1.82) is 0 Å². The molecule has 1 N–H and O–H groups in total. The standard InChI is InChI=1S/C20H21ClN2O4S/c1-13-16(21)5-3-6-18(13)26-12-15-8-7-14(27-15)11-17-19(24)23(20(28)22-17)9-4-10-25-2/h3,5-8,11H,4,9-10,12H2,1-2H3,(H,22,28)/b17-11+. The fourth-order valence-electron chi connectivity index (χ4n) is 2.73. The van der Waals surface area contributed by atoms with Gasteiger partial charge in [0.25, 0.3) is 5.91 Å². The number of nitrogens with one attached hydrogen (secondary N) is 1. The summed E-state index contributed by atoms with van der Waals surface area (Å²) in [5, 5.41) is 3.97. The molecule has 0 atom stereocenters. The predicted molar refractivity (Wildman–Crippen MR) is 111 cm³/mol. The molecule has 0 spiro atoms. The molecule has 0 radical (unpaired) electrons. The first-order valence-corrected chi connectivity index (χ1v) is 9.58. The van der Waals surface area contributed by atoms with E-state index in [2.05, 4.69) is 5.32 Å². The summed E-state index contributed by atoms with van der Waals surface area (Å²) in [7, 11) is 1.62. The van der Waals surface area contributed by atoms with Crippen molar-refractivity contribution in [2.45, 2.75) is 20.0 Å². The molecule has 8 heteroatoms. The second-order valence-electron chi connectivity index (χ2n) is 6.25. The van der Waals surface area contributed by atoms with E-state index in [9.17, 15) is 4.79 Å². The summed E-state index contributed by atoms with van der Waals surface area (Å²) in [6, 6.07) is 9.09.